The molecule has 30 heavy (non-hydrogen) atoms. The van der Waals surface area contributed by atoms with E-state index < -0.39 is 25.0 Å². The maximum Gasteiger partial charge on any atom is 0.269 e. The Hall–Kier alpha value is -1.47. The van der Waals surface area contributed by atoms with Gasteiger partial charge in [0.05, 0.1) is 24.9 Å². The summed E-state index contributed by atoms with van der Waals surface area (Å²) >= 11 is 17.8. The molecule has 1 aliphatic heterocycles. The molecule has 0 saturated carbocycles. The topological polar surface area (TPSA) is 118 Å². The number of nitrogens with zero attached hydrogens (tertiary/aromatic N) is 3. The number of sulfonamides is 2. The highest BCUT2D eigenvalue weighted by Crippen LogP contribution is 2.33. The number of nitro groups is 1. The SMILES string of the molecule is O=[N+]([O-])c1ccc(S(=O)(=O)N2CCN(S(=O)(=O)c3cc(Cl)c(Cl)cc3Cl)CC2)cc1. The highest BCUT2D eigenvalue weighted by molar-refractivity contribution is 7.89. The molecule has 1 heterocycles. The number of halogens is 3. The van der Waals surface area contributed by atoms with Crippen molar-refractivity contribution in [2.45, 2.75) is 9.79 Å². The summed E-state index contributed by atoms with van der Waals surface area (Å²) in [6, 6.07) is 6.87. The molecule has 0 atom stereocenters. The van der Waals surface area contributed by atoms with Crippen LogP contribution in [0.1, 0.15) is 0 Å². The third kappa shape index (κ3) is 4.42. The largest absolute Gasteiger partial charge is 0.269 e. The number of hydrogen-bond donors (Lipinski definition) is 0. The molecule has 1 saturated heterocycles. The number of hydrogen-bond acceptors (Lipinski definition) is 6. The van der Waals surface area contributed by atoms with Gasteiger partial charge in [0.1, 0.15) is 4.90 Å². The van der Waals surface area contributed by atoms with Gasteiger partial charge in [0, 0.05) is 38.3 Å². The average molecular weight is 515 g/mol. The fourth-order valence-electron chi connectivity index (χ4n) is 2.88. The van der Waals surface area contributed by atoms with Crippen molar-refractivity contribution in [3.8, 4) is 0 Å². The summed E-state index contributed by atoms with van der Waals surface area (Å²) in [5, 5.41) is 10.8. The molecular weight excluding hydrogens is 501 g/mol. The second kappa shape index (κ2) is 8.58. The van der Waals surface area contributed by atoms with E-state index in [-0.39, 0.29) is 56.7 Å². The Kier molecular flexibility index (Phi) is 6.63. The molecule has 1 aliphatic rings. The van der Waals surface area contributed by atoms with Crippen LogP contribution in [0.4, 0.5) is 5.69 Å². The number of non-ortho nitro benzene ring substituents is 1. The van der Waals surface area contributed by atoms with Crippen molar-refractivity contribution in [3.05, 3.63) is 61.6 Å². The molecule has 9 nitrogen and oxygen atoms in total. The smallest absolute Gasteiger partial charge is 0.258 e. The molecule has 0 amide bonds. The van der Waals surface area contributed by atoms with Crippen molar-refractivity contribution in [2.24, 2.45) is 0 Å². The van der Waals surface area contributed by atoms with E-state index in [1.807, 2.05) is 0 Å². The van der Waals surface area contributed by atoms with E-state index in [0.29, 0.717) is 0 Å². The lowest BCUT2D eigenvalue weighted by Gasteiger charge is -2.33. The van der Waals surface area contributed by atoms with Gasteiger partial charge < -0.3 is 0 Å². The molecule has 0 aromatic heterocycles. The molecule has 0 N–H and O–H groups in total. The van der Waals surface area contributed by atoms with Gasteiger partial charge in [-0.1, -0.05) is 34.8 Å². The van der Waals surface area contributed by atoms with E-state index in [1.165, 1.54) is 6.07 Å². The zero-order chi connectivity index (χ0) is 22.3. The summed E-state index contributed by atoms with van der Waals surface area (Å²) in [4.78, 5) is 9.77. The fourth-order valence-corrected chi connectivity index (χ4v) is 6.70. The predicted molar refractivity (Wildman–Crippen MR) is 112 cm³/mol. The molecule has 2 aromatic carbocycles. The Labute approximate surface area is 188 Å². The Balaban J connectivity index is 1.78. The van der Waals surface area contributed by atoms with Crippen molar-refractivity contribution in [2.75, 3.05) is 26.2 Å². The van der Waals surface area contributed by atoms with Crippen LogP contribution in [-0.2, 0) is 20.0 Å². The quantitative estimate of drug-likeness (QED) is 0.343. The van der Waals surface area contributed by atoms with Crippen LogP contribution in [0.3, 0.4) is 0 Å². The Morgan fingerprint density at radius 2 is 1.23 bits per heavy atom. The van der Waals surface area contributed by atoms with E-state index >= 15 is 0 Å². The van der Waals surface area contributed by atoms with E-state index in [1.54, 1.807) is 0 Å². The van der Waals surface area contributed by atoms with Crippen LogP contribution in [0.5, 0.6) is 0 Å². The van der Waals surface area contributed by atoms with Gasteiger partial charge in [-0.2, -0.15) is 8.61 Å². The van der Waals surface area contributed by atoms with Gasteiger partial charge in [-0.3, -0.25) is 10.1 Å². The highest BCUT2D eigenvalue weighted by atomic mass is 35.5. The lowest BCUT2D eigenvalue weighted by Crippen LogP contribution is -2.50. The molecular formula is C16H14Cl3N3O6S2. The van der Waals surface area contributed by atoms with Gasteiger partial charge in [-0.25, -0.2) is 16.8 Å². The van der Waals surface area contributed by atoms with Crippen LogP contribution < -0.4 is 0 Å². The summed E-state index contributed by atoms with van der Waals surface area (Å²) in [6.45, 7) is -0.411. The van der Waals surface area contributed by atoms with Crippen LogP contribution in [-0.4, -0.2) is 56.5 Å². The summed E-state index contributed by atoms with van der Waals surface area (Å²) in [5.41, 5.74) is -0.233. The number of rotatable bonds is 5. The summed E-state index contributed by atoms with van der Waals surface area (Å²) in [7, 11) is -7.95. The van der Waals surface area contributed by atoms with Gasteiger partial charge >= 0.3 is 0 Å². The zero-order valence-corrected chi connectivity index (χ0v) is 18.9. The third-order valence-corrected chi connectivity index (χ3v) is 9.47. The van der Waals surface area contributed by atoms with Crippen molar-refractivity contribution >= 4 is 60.5 Å². The predicted octanol–water partition coefficient (Wildman–Crippen LogP) is 3.25. The van der Waals surface area contributed by atoms with Gasteiger partial charge in [0.15, 0.2) is 0 Å². The second-order valence-electron chi connectivity index (χ2n) is 6.26. The maximum atomic E-state index is 12.9. The Morgan fingerprint density at radius 1 is 0.767 bits per heavy atom. The first-order chi connectivity index (χ1) is 13.9. The molecule has 2 aromatic rings. The number of nitro benzene ring substituents is 1. The van der Waals surface area contributed by atoms with E-state index in [9.17, 15) is 26.9 Å². The fraction of sp³-hybridized carbons (Fsp3) is 0.250. The van der Waals surface area contributed by atoms with Crippen molar-refractivity contribution in [3.63, 3.8) is 0 Å². The molecule has 1 fully saturated rings. The molecule has 14 heteroatoms. The molecule has 0 radical (unpaired) electrons. The normalized spacial score (nSPS) is 16.5. The second-order valence-corrected chi connectivity index (χ2v) is 11.3. The highest BCUT2D eigenvalue weighted by Gasteiger charge is 2.35. The Bertz CT molecular complexity index is 1200. The van der Waals surface area contributed by atoms with E-state index in [4.69, 9.17) is 34.8 Å². The molecule has 0 spiro atoms. The van der Waals surface area contributed by atoms with Crippen LogP contribution in [0.15, 0.2) is 46.2 Å². The third-order valence-electron chi connectivity index (χ3n) is 4.48. The van der Waals surface area contributed by atoms with Gasteiger partial charge in [0.2, 0.25) is 20.0 Å². The molecule has 0 aliphatic carbocycles. The van der Waals surface area contributed by atoms with Crippen molar-refractivity contribution in [1.29, 1.82) is 0 Å². The lowest BCUT2D eigenvalue weighted by atomic mass is 10.3. The zero-order valence-electron chi connectivity index (χ0n) is 15.0. The van der Waals surface area contributed by atoms with E-state index in [2.05, 4.69) is 0 Å². The minimum Gasteiger partial charge on any atom is -0.258 e. The van der Waals surface area contributed by atoms with Crippen molar-refractivity contribution < 1.29 is 21.8 Å². The lowest BCUT2D eigenvalue weighted by molar-refractivity contribution is -0.384. The van der Waals surface area contributed by atoms with Crippen LogP contribution >= 0.6 is 34.8 Å². The minimum absolute atomic E-state index is 0.0269. The van der Waals surface area contributed by atoms with E-state index in [0.717, 1.165) is 38.9 Å². The first-order valence-corrected chi connectivity index (χ1v) is 12.4. The molecule has 162 valence electrons. The van der Waals surface area contributed by atoms with Crippen LogP contribution in [0.25, 0.3) is 0 Å². The monoisotopic (exact) mass is 513 g/mol. The molecule has 0 unspecified atom stereocenters. The molecule has 0 bridgehead atoms. The number of piperazine rings is 1. The van der Waals surface area contributed by atoms with Gasteiger partial charge in [-0.05, 0) is 24.3 Å². The molecule has 3 rings (SSSR count). The first-order valence-electron chi connectivity index (χ1n) is 8.34. The van der Waals surface area contributed by atoms with Crippen LogP contribution in [0, 0.1) is 10.1 Å². The maximum absolute atomic E-state index is 12.9. The Morgan fingerprint density at radius 3 is 1.73 bits per heavy atom. The summed E-state index contributed by atoms with van der Waals surface area (Å²) in [5.74, 6) is 0. The van der Waals surface area contributed by atoms with Crippen LogP contribution in [0.2, 0.25) is 15.1 Å². The van der Waals surface area contributed by atoms with Crippen molar-refractivity contribution in [1.82, 2.24) is 8.61 Å². The minimum atomic E-state index is -4.02. The van der Waals surface area contributed by atoms with Gasteiger partial charge in [0.25, 0.3) is 5.69 Å². The number of benzene rings is 2. The summed E-state index contributed by atoms with van der Waals surface area (Å²) < 4.78 is 53.6. The van der Waals surface area contributed by atoms with Gasteiger partial charge in [-0.15, -0.1) is 0 Å². The first kappa shape index (κ1) is 23.2. The summed E-state index contributed by atoms with van der Waals surface area (Å²) in [6.07, 6.45) is 0. The average Bonchev–Trinajstić information content (AvgIpc) is 2.70. The standard InChI is InChI=1S/C16H14Cl3N3O6S2/c17-13-9-15(19)16(10-14(13)18)30(27,28)21-7-5-20(6-8-21)29(25,26)12-3-1-11(2-4-12)22(23)24/h1-4,9-10H,5-8H2.